The van der Waals surface area contributed by atoms with Crippen LogP contribution in [0.15, 0.2) is 42.9 Å². The molecule has 4 unspecified atom stereocenters. The van der Waals surface area contributed by atoms with Gasteiger partial charge in [0, 0.05) is 18.3 Å². The number of aliphatic carboxylic acids is 1. The van der Waals surface area contributed by atoms with Gasteiger partial charge in [-0.2, -0.15) is 0 Å². The molecule has 2 aromatic rings. The second-order valence-electron chi connectivity index (χ2n) is 9.90. The molecule has 0 bridgehead atoms. The van der Waals surface area contributed by atoms with Gasteiger partial charge in [0.1, 0.15) is 18.1 Å². The monoisotopic (exact) mass is 514 g/mol. The first-order valence-corrected chi connectivity index (χ1v) is 12.4. The Balaban J connectivity index is 2.08. The number of carboxylic acid groups (broad SMARTS) is 1. The fraction of sp³-hybridized carbons (Fsp3) is 0.500. The Labute approximate surface area is 217 Å². The third-order valence-corrected chi connectivity index (χ3v) is 5.82. The molecule has 3 amide bonds. The minimum absolute atomic E-state index is 0.00513. The largest absolute Gasteiger partial charge is 0.480 e. The van der Waals surface area contributed by atoms with E-state index in [4.69, 9.17) is 5.73 Å². The minimum atomic E-state index is -1.21. The van der Waals surface area contributed by atoms with Crippen molar-refractivity contribution in [1.29, 1.82) is 0 Å². The zero-order valence-corrected chi connectivity index (χ0v) is 21.7. The van der Waals surface area contributed by atoms with Crippen molar-refractivity contribution < 1.29 is 24.3 Å². The molecule has 1 aromatic heterocycles. The standard InChI is InChI=1S/C26H38N6O5/c1-15(2)10-20(30-23(33)19(27)11-17-8-6-5-7-9-17)24(34)32-22(16(3)4)25(35)31-21(26(36)37)12-18-13-28-14-29-18/h5-9,13-16,19-22H,10-12,27H2,1-4H3,(H,28,29)(H,30,33)(H,31,35)(H,32,34)(H,36,37). The topological polar surface area (TPSA) is 179 Å². The number of hydrogen-bond donors (Lipinski definition) is 6. The number of carbonyl (C=O) groups excluding carboxylic acids is 3. The number of aromatic nitrogens is 2. The van der Waals surface area contributed by atoms with Crippen LogP contribution in [-0.4, -0.2) is 62.9 Å². The summed E-state index contributed by atoms with van der Waals surface area (Å²) in [5, 5.41) is 17.5. The number of H-pyrrole nitrogens is 1. The molecule has 0 spiro atoms. The van der Waals surface area contributed by atoms with E-state index in [2.05, 4.69) is 25.9 Å². The first-order valence-electron chi connectivity index (χ1n) is 12.4. The number of hydrogen-bond acceptors (Lipinski definition) is 6. The third-order valence-electron chi connectivity index (χ3n) is 5.82. The molecule has 11 nitrogen and oxygen atoms in total. The van der Waals surface area contributed by atoms with E-state index in [1.165, 1.54) is 12.5 Å². The van der Waals surface area contributed by atoms with Crippen LogP contribution in [0.4, 0.5) is 0 Å². The van der Waals surface area contributed by atoms with Crippen LogP contribution in [0, 0.1) is 11.8 Å². The first kappa shape index (κ1) is 29.5. The van der Waals surface area contributed by atoms with Gasteiger partial charge in [-0.3, -0.25) is 14.4 Å². The maximum Gasteiger partial charge on any atom is 0.326 e. The molecule has 0 radical (unpaired) electrons. The average Bonchev–Trinajstić information content (AvgIpc) is 3.34. The van der Waals surface area contributed by atoms with E-state index in [0.29, 0.717) is 18.5 Å². The van der Waals surface area contributed by atoms with Crippen LogP contribution in [0.3, 0.4) is 0 Å². The van der Waals surface area contributed by atoms with Gasteiger partial charge in [-0.1, -0.05) is 58.0 Å². The van der Waals surface area contributed by atoms with E-state index in [0.717, 1.165) is 5.56 Å². The van der Waals surface area contributed by atoms with Gasteiger partial charge in [0.15, 0.2) is 0 Å². The van der Waals surface area contributed by atoms with Crippen molar-refractivity contribution in [2.75, 3.05) is 0 Å². The second-order valence-corrected chi connectivity index (χ2v) is 9.90. The highest BCUT2D eigenvalue weighted by Crippen LogP contribution is 2.10. The normalized spacial score (nSPS) is 14.5. The SMILES string of the molecule is CC(C)CC(NC(=O)C(N)Cc1ccccc1)C(=O)NC(C(=O)NC(Cc1cnc[nH]1)C(=O)O)C(C)C. The van der Waals surface area contributed by atoms with Crippen molar-refractivity contribution in [3.05, 3.63) is 54.1 Å². The van der Waals surface area contributed by atoms with Crippen molar-refractivity contribution in [3.63, 3.8) is 0 Å². The van der Waals surface area contributed by atoms with Crippen LogP contribution in [-0.2, 0) is 32.0 Å². The molecule has 37 heavy (non-hydrogen) atoms. The van der Waals surface area contributed by atoms with Crippen LogP contribution in [0.5, 0.6) is 0 Å². The van der Waals surface area contributed by atoms with Gasteiger partial charge in [0.25, 0.3) is 0 Å². The Hall–Kier alpha value is -3.73. The zero-order valence-electron chi connectivity index (χ0n) is 21.7. The number of carbonyl (C=O) groups is 4. The predicted octanol–water partition coefficient (Wildman–Crippen LogP) is 0.763. The fourth-order valence-electron chi connectivity index (χ4n) is 3.81. The van der Waals surface area contributed by atoms with Gasteiger partial charge in [-0.25, -0.2) is 9.78 Å². The fourth-order valence-corrected chi connectivity index (χ4v) is 3.81. The molecule has 0 aliphatic carbocycles. The molecule has 11 heteroatoms. The van der Waals surface area contributed by atoms with E-state index in [-0.39, 0.29) is 18.3 Å². The second kappa shape index (κ2) is 14.1. The predicted molar refractivity (Wildman–Crippen MR) is 138 cm³/mol. The maximum absolute atomic E-state index is 13.2. The third kappa shape index (κ3) is 9.68. The molecule has 7 N–H and O–H groups in total. The van der Waals surface area contributed by atoms with Crippen molar-refractivity contribution in [2.24, 2.45) is 17.6 Å². The van der Waals surface area contributed by atoms with Crippen LogP contribution >= 0.6 is 0 Å². The number of benzene rings is 1. The Bertz CT molecular complexity index is 1030. The van der Waals surface area contributed by atoms with E-state index in [1.54, 1.807) is 13.8 Å². The highest BCUT2D eigenvalue weighted by molar-refractivity contribution is 5.94. The lowest BCUT2D eigenvalue weighted by Gasteiger charge is -2.27. The molecule has 0 fully saturated rings. The summed E-state index contributed by atoms with van der Waals surface area (Å²) in [6.07, 6.45) is 3.55. The van der Waals surface area contributed by atoms with Gasteiger partial charge in [-0.05, 0) is 30.2 Å². The number of amides is 3. The lowest BCUT2D eigenvalue weighted by atomic mass is 9.98. The summed E-state index contributed by atoms with van der Waals surface area (Å²) in [4.78, 5) is 57.4. The Kier molecular flexibility index (Phi) is 11.3. The van der Waals surface area contributed by atoms with Crippen LogP contribution in [0.1, 0.15) is 45.4 Å². The molecule has 4 atom stereocenters. The van der Waals surface area contributed by atoms with E-state index in [9.17, 15) is 24.3 Å². The smallest absolute Gasteiger partial charge is 0.326 e. The van der Waals surface area contributed by atoms with Crippen molar-refractivity contribution >= 4 is 23.7 Å². The summed E-state index contributed by atoms with van der Waals surface area (Å²) in [6.45, 7) is 7.30. The number of nitrogens with zero attached hydrogens (tertiary/aromatic N) is 1. The van der Waals surface area contributed by atoms with Gasteiger partial charge < -0.3 is 31.8 Å². The lowest BCUT2D eigenvalue weighted by Crippen LogP contribution is -2.59. The molecule has 202 valence electrons. The molecule has 0 aliphatic rings. The number of rotatable bonds is 14. The Morgan fingerprint density at radius 2 is 1.57 bits per heavy atom. The van der Waals surface area contributed by atoms with Crippen molar-refractivity contribution in [3.8, 4) is 0 Å². The highest BCUT2D eigenvalue weighted by Gasteiger charge is 2.32. The summed E-state index contributed by atoms with van der Waals surface area (Å²) < 4.78 is 0. The number of carboxylic acids is 1. The summed E-state index contributed by atoms with van der Waals surface area (Å²) in [6, 6.07) is 5.33. The molecule has 1 aromatic carbocycles. The van der Waals surface area contributed by atoms with Gasteiger partial charge in [0.2, 0.25) is 17.7 Å². The lowest BCUT2D eigenvalue weighted by molar-refractivity contribution is -0.142. The molecule has 0 saturated heterocycles. The summed E-state index contributed by atoms with van der Waals surface area (Å²) in [5.74, 6) is -3.14. The highest BCUT2D eigenvalue weighted by atomic mass is 16.4. The number of aromatic amines is 1. The van der Waals surface area contributed by atoms with E-state index < -0.39 is 47.9 Å². The molecule has 0 saturated carbocycles. The summed E-state index contributed by atoms with van der Waals surface area (Å²) in [7, 11) is 0. The summed E-state index contributed by atoms with van der Waals surface area (Å²) in [5.41, 5.74) is 7.54. The van der Waals surface area contributed by atoms with Crippen LogP contribution < -0.4 is 21.7 Å². The molecule has 2 rings (SSSR count). The van der Waals surface area contributed by atoms with Gasteiger partial charge >= 0.3 is 5.97 Å². The number of nitrogens with one attached hydrogen (secondary N) is 4. The summed E-state index contributed by atoms with van der Waals surface area (Å²) >= 11 is 0. The molecule has 1 heterocycles. The van der Waals surface area contributed by atoms with Crippen molar-refractivity contribution in [1.82, 2.24) is 25.9 Å². The van der Waals surface area contributed by atoms with Gasteiger partial charge in [0.05, 0.1) is 12.4 Å². The quantitative estimate of drug-likeness (QED) is 0.215. The minimum Gasteiger partial charge on any atom is -0.480 e. The zero-order chi connectivity index (χ0) is 27.5. The molecular weight excluding hydrogens is 476 g/mol. The van der Waals surface area contributed by atoms with E-state index >= 15 is 0 Å². The Morgan fingerprint density at radius 1 is 0.919 bits per heavy atom. The first-order chi connectivity index (χ1) is 17.5. The van der Waals surface area contributed by atoms with Crippen LogP contribution in [0.2, 0.25) is 0 Å². The van der Waals surface area contributed by atoms with Crippen LogP contribution in [0.25, 0.3) is 0 Å². The number of nitrogens with two attached hydrogens (primary N) is 1. The van der Waals surface area contributed by atoms with Gasteiger partial charge in [-0.15, -0.1) is 0 Å². The average molecular weight is 515 g/mol. The molecular formula is C26H38N6O5. The number of imidazole rings is 1. The van der Waals surface area contributed by atoms with E-state index in [1.807, 2.05) is 44.2 Å². The van der Waals surface area contributed by atoms with Crippen molar-refractivity contribution in [2.45, 2.75) is 71.1 Å². The Morgan fingerprint density at radius 3 is 2.11 bits per heavy atom. The maximum atomic E-state index is 13.2. The molecule has 0 aliphatic heterocycles.